The zero-order valence-electron chi connectivity index (χ0n) is 18.7. The molecule has 1 aromatic heterocycles. The number of aromatic amines is 1. The number of anilines is 1. The number of H-pyrrole nitrogens is 1. The predicted molar refractivity (Wildman–Crippen MR) is 124 cm³/mol. The fraction of sp³-hybridized carbons (Fsp3) is 0.360. The van der Waals surface area contributed by atoms with Gasteiger partial charge in [-0.2, -0.15) is 13.2 Å². The summed E-state index contributed by atoms with van der Waals surface area (Å²) < 4.78 is 45.7. The van der Waals surface area contributed by atoms with Gasteiger partial charge < -0.3 is 19.7 Å². The molecule has 0 radical (unpaired) electrons. The van der Waals surface area contributed by atoms with Gasteiger partial charge in [-0.1, -0.05) is 24.3 Å². The maximum Gasteiger partial charge on any atom is 0.417 e. The Balaban J connectivity index is 1.47. The molecule has 1 atom stereocenters. The standard InChI is InChI=1S/C25H24F3N3O4/c26-25(27,28)21-4-2-1-3-19(21)22-11-15-5-6-16(12-20(15)23(33)29-22)31-17(14-35-24(31)34)13-30-9-7-18(32)8-10-30/h1-6,11-12,17-18,32H,7-10,13-14H2,(H,29,33). The van der Waals surface area contributed by atoms with Gasteiger partial charge in [-0.25, -0.2) is 4.79 Å². The highest BCUT2D eigenvalue weighted by molar-refractivity contribution is 5.95. The molecule has 10 heteroatoms. The summed E-state index contributed by atoms with van der Waals surface area (Å²) in [5.74, 6) is 0. The molecule has 184 valence electrons. The smallest absolute Gasteiger partial charge is 0.417 e. The molecule has 1 amide bonds. The number of nitrogens with zero attached hydrogens (tertiary/aromatic N) is 2. The highest BCUT2D eigenvalue weighted by Gasteiger charge is 2.36. The van der Waals surface area contributed by atoms with Gasteiger partial charge in [0.15, 0.2) is 0 Å². The number of piperidine rings is 1. The number of aliphatic hydroxyl groups is 1. The molecule has 2 saturated heterocycles. The van der Waals surface area contributed by atoms with Crippen LogP contribution >= 0.6 is 0 Å². The van der Waals surface area contributed by atoms with E-state index in [0.717, 1.165) is 19.2 Å². The van der Waals surface area contributed by atoms with Crippen LogP contribution in [0, 0.1) is 0 Å². The molecule has 2 aromatic carbocycles. The summed E-state index contributed by atoms with van der Waals surface area (Å²) in [6.07, 6.45) is -4.04. The number of ether oxygens (including phenoxy) is 1. The first kappa shape index (κ1) is 23.4. The second-order valence-electron chi connectivity index (χ2n) is 8.96. The van der Waals surface area contributed by atoms with Gasteiger partial charge >= 0.3 is 12.3 Å². The normalized spacial score (nSPS) is 19.9. The van der Waals surface area contributed by atoms with Gasteiger partial charge in [-0.15, -0.1) is 0 Å². The molecule has 2 aliphatic heterocycles. The van der Waals surface area contributed by atoms with Crippen molar-refractivity contribution in [3.8, 4) is 11.3 Å². The molecule has 5 rings (SSSR count). The van der Waals surface area contributed by atoms with E-state index in [2.05, 4.69) is 9.88 Å². The predicted octanol–water partition coefficient (Wildman–Crippen LogP) is 4.00. The average Bonchev–Trinajstić information content (AvgIpc) is 3.19. The number of carbonyl (C=O) groups excluding carboxylic acids is 1. The molecular formula is C25H24F3N3O4. The van der Waals surface area contributed by atoms with Crippen LogP contribution in [0.25, 0.3) is 22.0 Å². The third-order valence-electron chi connectivity index (χ3n) is 6.62. The fourth-order valence-electron chi connectivity index (χ4n) is 4.82. The van der Waals surface area contributed by atoms with E-state index in [1.807, 2.05) is 0 Å². The topological polar surface area (TPSA) is 85.9 Å². The van der Waals surface area contributed by atoms with Gasteiger partial charge in [0.05, 0.1) is 17.7 Å². The van der Waals surface area contributed by atoms with Crippen molar-refractivity contribution in [2.75, 3.05) is 31.1 Å². The van der Waals surface area contributed by atoms with Crippen molar-refractivity contribution in [1.29, 1.82) is 0 Å². The number of alkyl halides is 3. The van der Waals surface area contributed by atoms with E-state index >= 15 is 0 Å². The summed E-state index contributed by atoms with van der Waals surface area (Å²) in [7, 11) is 0. The van der Waals surface area contributed by atoms with Gasteiger partial charge in [0.25, 0.3) is 5.56 Å². The number of fused-ring (bicyclic) bond motifs is 1. The molecule has 7 nitrogen and oxygen atoms in total. The first-order chi connectivity index (χ1) is 16.7. The number of hydrogen-bond donors (Lipinski definition) is 2. The summed E-state index contributed by atoms with van der Waals surface area (Å²) in [5, 5.41) is 10.4. The lowest BCUT2D eigenvalue weighted by molar-refractivity contribution is -0.137. The molecule has 0 bridgehead atoms. The summed E-state index contributed by atoms with van der Waals surface area (Å²) >= 11 is 0. The molecular weight excluding hydrogens is 463 g/mol. The number of rotatable bonds is 4. The molecule has 35 heavy (non-hydrogen) atoms. The number of hydrogen-bond acceptors (Lipinski definition) is 5. The Hall–Kier alpha value is -3.37. The zero-order chi connectivity index (χ0) is 24.7. The number of amides is 1. The Morgan fingerprint density at radius 1 is 1.06 bits per heavy atom. The highest BCUT2D eigenvalue weighted by Crippen LogP contribution is 2.37. The van der Waals surface area contributed by atoms with Crippen LogP contribution in [-0.4, -0.2) is 59.5 Å². The lowest BCUT2D eigenvalue weighted by Crippen LogP contribution is -2.46. The number of halogens is 3. The Bertz CT molecular complexity index is 1320. The van der Waals surface area contributed by atoms with Gasteiger partial charge in [-0.3, -0.25) is 9.69 Å². The van der Waals surface area contributed by atoms with Gasteiger partial charge in [0.2, 0.25) is 0 Å². The largest absolute Gasteiger partial charge is 0.447 e. The maximum atomic E-state index is 13.5. The highest BCUT2D eigenvalue weighted by atomic mass is 19.4. The summed E-state index contributed by atoms with van der Waals surface area (Å²) in [5.41, 5.74) is -0.951. The Kier molecular flexibility index (Phi) is 6.02. The van der Waals surface area contributed by atoms with E-state index < -0.39 is 23.4 Å². The summed E-state index contributed by atoms with van der Waals surface area (Å²) in [6, 6.07) is 11.2. The third-order valence-corrected chi connectivity index (χ3v) is 6.62. The Morgan fingerprint density at radius 3 is 2.54 bits per heavy atom. The van der Waals surface area contributed by atoms with Crippen molar-refractivity contribution < 1.29 is 27.8 Å². The van der Waals surface area contributed by atoms with E-state index in [9.17, 15) is 27.9 Å². The van der Waals surface area contributed by atoms with E-state index in [1.165, 1.54) is 29.2 Å². The van der Waals surface area contributed by atoms with E-state index in [-0.39, 0.29) is 35.4 Å². The number of aromatic nitrogens is 1. The van der Waals surface area contributed by atoms with Crippen molar-refractivity contribution in [3.63, 3.8) is 0 Å². The molecule has 3 aromatic rings. The molecule has 2 N–H and O–H groups in total. The number of likely N-dealkylation sites (tertiary alicyclic amines) is 1. The van der Waals surface area contributed by atoms with Crippen molar-refractivity contribution in [3.05, 3.63) is 64.4 Å². The van der Waals surface area contributed by atoms with Gasteiger partial charge in [0.1, 0.15) is 6.61 Å². The zero-order valence-corrected chi connectivity index (χ0v) is 18.7. The SMILES string of the molecule is O=C1OCC(CN2CCC(O)CC2)N1c1ccc2cc(-c3ccccc3C(F)(F)F)[nH]c(=O)c2c1. The first-order valence-corrected chi connectivity index (χ1v) is 11.4. The molecule has 0 aliphatic carbocycles. The number of aliphatic hydroxyl groups excluding tert-OH is 1. The quantitative estimate of drug-likeness (QED) is 0.581. The summed E-state index contributed by atoms with van der Waals surface area (Å²) in [6.45, 7) is 2.22. The van der Waals surface area contributed by atoms with Gasteiger partial charge in [0, 0.05) is 42.0 Å². The number of benzene rings is 2. The maximum absolute atomic E-state index is 13.5. The summed E-state index contributed by atoms with van der Waals surface area (Å²) in [4.78, 5) is 31.7. The second-order valence-corrected chi connectivity index (χ2v) is 8.96. The van der Waals surface area contributed by atoms with Crippen molar-refractivity contribution in [2.24, 2.45) is 0 Å². The van der Waals surface area contributed by atoms with Crippen LogP contribution in [0.3, 0.4) is 0 Å². The fourth-order valence-corrected chi connectivity index (χ4v) is 4.82. The molecule has 3 heterocycles. The lowest BCUT2D eigenvalue weighted by atomic mass is 10.0. The number of pyridine rings is 1. The molecule has 2 aliphatic rings. The Morgan fingerprint density at radius 2 is 1.80 bits per heavy atom. The third kappa shape index (κ3) is 4.63. The first-order valence-electron chi connectivity index (χ1n) is 11.4. The number of nitrogens with one attached hydrogen (secondary N) is 1. The van der Waals surface area contributed by atoms with Crippen LogP contribution in [0.2, 0.25) is 0 Å². The molecule has 0 spiro atoms. The van der Waals surface area contributed by atoms with Crippen molar-refractivity contribution in [2.45, 2.75) is 31.2 Å². The minimum absolute atomic E-state index is 0.0638. The van der Waals surface area contributed by atoms with Crippen LogP contribution in [0.1, 0.15) is 18.4 Å². The van der Waals surface area contributed by atoms with E-state index in [1.54, 1.807) is 18.2 Å². The van der Waals surface area contributed by atoms with Crippen LogP contribution in [0.15, 0.2) is 53.3 Å². The van der Waals surface area contributed by atoms with Gasteiger partial charge in [-0.05, 0) is 42.5 Å². The van der Waals surface area contributed by atoms with E-state index in [0.29, 0.717) is 30.5 Å². The monoisotopic (exact) mass is 487 g/mol. The van der Waals surface area contributed by atoms with Crippen LogP contribution < -0.4 is 10.5 Å². The van der Waals surface area contributed by atoms with Crippen molar-refractivity contribution >= 4 is 22.6 Å². The number of carbonyl (C=O) groups is 1. The van der Waals surface area contributed by atoms with Crippen LogP contribution in [-0.2, 0) is 10.9 Å². The lowest BCUT2D eigenvalue weighted by Gasteiger charge is -2.33. The second kappa shape index (κ2) is 9.01. The minimum Gasteiger partial charge on any atom is -0.447 e. The average molecular weight is 487 g/mol. The van der Waals surface area contributed by atoms with E-state index in [4.69, 9.17) is 4.74 Å². The van der Waals surface area contributed by atoms with Crippen molar-refractivity contribution in [1.82, 2.24) is 9.88 Å². The number of cyclic esters (lactones) is 1. The van der Waals surface area contributed by atoms with Crippen LogP contribution in [0.4, 0.5) is 23.7 Å². The molecule has 2 fully saturated rings. The molecule has 0 saturated carbocycles. The minimum atomic E-state index is -4.57. The molecule has 1 unspecified atom stereocenters. The Labute approximate surface area is 198 Å². The van der Waals surface area contributed by atoms with Crippen LogP contribution in [0.5, 0.6) is 0 Å².